The summed E-state index contributed by atoms with van der Waals surface area (Å²) in [6, 6.07) is 12.0. The molecule has 1 heterocycles. The van der Waals surface area contributed by atoms with E-state index in [-0.39, 0.29) is 18.4 Å². The molecule has 2 rings (SSSR count). The van der Waals surface area contributed by atoms with Gasteiger partial charge in [0.25, 0.3) is 0 Å². The van der Waals surface area contributed by atoms with E-state index in [0.717, 1.165) is 12.0 Å². The van der Waals surface area contributed by atoms with Crippen molar-refractivity contribution in [3.63, 3.8) is 0 Å². The Kier molecular flexibility index (Phi) is 5.96. The number of rotatable bonds is 7. The molecule has 0 aliphatic carbocycles. The highest BCUT2D eigenvalue weighted by atomic mass is 32.1. The fourth-order valence-corrected chi connectivity index (χ4v) is 3.02. The summed E-state index contributed by atoms with van der Waals surface area (Å²) in [5.74, 6) is 0.212. The Morgan fingerprint density at radius 3 is 2.62 bits per heavy atom. The van der Waals surface area contributed by atoms with Crippen molar-refractivity contribution in [2.75, 3.05) is 6.54 Å². The number of carbonyl (C=O) groups is 1. The van der Waals surface area contributed by atoms with Gasteiger partial charge in [-0.15, -0.1) is 0 Å². The van der Waals surface area contributed by atoms with Gasteiger partial charge in [-0.1, -0.05) is 37.3 Å². The summed E-state index contributed by atoms with van der Waals surface area (Å²) in [4.78, 5) is 12.0. The molecule has 2 aromatic rings. The molecule has 0 saturated heterocycles. The molecule has 1 aromatic heterocycles. The van der Waals surface area contributed by atoms with Gasteiger partial charge in [0.15, 0.2) is 0 Å². The number of hydrogen-bond donors (Lipinski definition) is 2. The number of nitrogens with one attached hydrogen (secondary N) is 1. The van der Waals surface area contributed by atoms with Crippen LogP contribution in [0, 0.1) is 0 Å². The second-order valence-electron chi connectivity index (χ2n) is 5.10. The third-order valence-electron chi connectivity index (χ3n) is 3.62. The lowest BCUT2D eigenvalue weighted by molar-refractivity contribution is -0.122. The largest absolute Gasteiger partial charge is 0.387 e. The Balaban J connectivity index is 1.83. The lowest BCUT2D eigenvalue weighted by Gasteiger charge is -2.16. The average molecular weight is 303 g/mol. The fraction of sp³-hybridized carbons (Fsp3) is 0.353. The van der Waals surface area contributed by atoms with E-state index in [4.69, 9.17) is 0 Å². The van der Waals surface area contributed by atoms with Crippen LogP contribution in [0.2, 0.25) is 0 Å². The predicted molar refractivity (Wildman–Crippen MR) is 86.4 cm³/mol. The molecule has 0 bridgehead atoms. The SMILES string of the molecule is CCC(CC(=O)NCC(O)c1ccsc1)c1ccccc1. The molecule has 4 heteroatoms. The monoisotopic (exact) mass is 303 g/mol. The molecule has 1 aromatic carbocycles. The minimum Gasteiger partial charge on any atom is -0.387 e. The Bertz CT molecular complexity index is 539. The molecule has 0 radical (unpaired) electrons. The van der Waals surface area contributed by atoms with E-state index in [2.05, 4.69) is 24.4 Å². The molecule has 2 unspecified atom stereocenters. The Morgan fingerprint density at radius 1 is 1.24 bits per heavy atom. The van der Waals surface area contributed by atoms with Crippen molar-refractivity contribution >= 4 is 17.2 Å². The van der Waals surface area contributed by atoms with Crippen LogP contribution < -0.4 is 5.32 Å². The van der Waals surface area contributed by atoms with Crippen LogP contribution in [-0.4, -0.2) is 17.6 Å². The summed E-state index contributed by atoms with van der Waals surface area (Å²) in [7, 11) is 0. The first-order valence-electron chi connectivity index (χ1n) is 7.22. The molecule has 0 fully saturated rings. The second-order valence-corrected chi connectivity index (χ2v) is 5.88. The summed E-state index contributed by atoms with van der Waals surface area (Å²) < 4.78 is 0. The van der Waals surface area contributed by atoms with Crippen LogP contribution in [-0.2, 0) is 4.79 Å². The van der Waals surface area contributed by atoms with Gasteiger partial charge in [-0.3, -0.25) is 4.79 Å². The topological polar surface area (TPSA) is 49.3 Å². The minimum absolute atomic E-state index is 0.0139. The van der Waals surface area contributed by atoms with Crippen molar-refractivity contribution in [1.82, 2.24) is 5.32 Å². The number of aliphatic hydroxyl groups excluding tert-OH is 1. The van der Waals surface area contributed by atoms with Crippen LogP contribution in [0.25, 0.3) is 0 Å². The lowest BCUT2D eigenvalue weighted by Crippen LogP contribution is -2.29. The molecule has 3 nitrogen and oxygen atoms in total. The van der Waals surface area contributed by atoms with Crippen LogP contribution in [0.1, 0.15) is 42.9 Å². The van der Waals surface area contributed by atoms with Crippen LogP contribution >= 0.6 is 11.3 Å². The van der Waals surface area contributed by atoms with Crippen molar-refractivity contribution in [3.05, 3.63) is 58.3 Å². The summed E-state index contributed by atoms with van der Waals surface area (Å²) in [5, 5.41) is 16.6. The van der Waals surface area contributed by atoms with Crippen molar-refractivity contribution in [2.24, 2.45) is 0 Å². The standard InChI is InChI=1S/C17H21NO2S/c1-2-13(14-6-4-3-5-7-14)10-17(20)18-11-16(19)15-8-9-21-12-15/h3-9,12-13,16,19H,2,10-11H2,1H3,(H,18,20). The van der Waals surface area contributed by atoms with Crippen LogP contribution in [0.3, 0.4) is 0 Å². The van der Waals surface area contributed by atoms with Gasteiger partial charge >= 0.3 is 0 Å². The van der Waals surface area contributed by atoms with Crippen molar-refractivity contribution in [1.29, 1.82) is 0 Å². The van der Waals surface area contributed by atoms with Gasteiger partial charge in [-0.2, -0.15) is 11.3 Å². The number of hydrogen-bond acceptors (Lipinski definition) is 3. The first-order valence-corrected chi connectivity index (χ1v) is 8.16. The third kappa shape index (κ3) is 4.69. The Morgan fingerprint density at radius 2 is 2.00 bits per heavy atom. The summed E-state index contributed by atoms with van der Waals surface area (Å²) in [5.41, 5.74) is 2.05. The third-order valence-corrected chi connectivity index (χ3v) is 4.32. The highest BCUT2D eigenvalue weighted by Gasteiger charge is 2.15. The molecule has 2 N–H and O–H groups in total. The van der Waals surface area contributed by atoms with Crippen LogP contribution in [0.5, 0.6) is 0 Å². The molecular formula is C17H21NO2S. The van der Waals surface area contributed by atoms with E-state index in [1.54, 1.807) is 11.3 Å². The van der Waals surface area contributed by atoms with E-state index in [1.165, 1.54) is 5.56 Å². The summed E-state index contributed by atoms with van der Waals surface area (Å²) in [6.45, 7) is 2.35. The van der Waals surface area contributed by atoms with E-state index >= 15 is 0 Å². The number of amides is 1. The zero-order valence-electron chi connectivity index (χ0n) is 12.2. The van der Waals surface area contributed by atoms with Crippen LogP contribution in [0.15, 0.2) is 47.2 Å². The van der Waals surface area contributed by atoms with E-state index in [9.17, 15) is 9.90 Å². The smallest absolute Gasteiger partial charge is 0.220 e. The Labute approximate surface area is 129 Å². The van der Waals surface area contributed by atoms with Gasteiger partial charge < -0.3 is 10.4 Å². The highest BCUT2D eigenvalue weighted by Crippen LogP contribution is 2.23. The quantitative estimate of drug-likeness (QED) is 0.822. The second kappa shape index (κ2) is 7.96. The first kappa shape index (κ1) is 15.7. The zero-order valence-corrected chi connectivity index (χ0v) is 13.0. The average Bonchev–Trinajstić information content (AvgIpc) is 3.05. The molecule has 21 heavy (non-hydrogen) atoms. The predicted octanol–water partition coefficient (Wildman–Crippen LogP) is 3.48. The molecule has 0 aliphatic heterocycles. The van der Waals surface area contributed by atoms with Gasteiger partial charge in [0.1, 0.15) is 0 Å². The molecule has 112 valence electrons. The number of carbonyl (C=O) groups excluding carboxylic acids is 1. The first-order chi connectivity index (χ1) is 10.2. The van der Waals surface area contributed by atoms with Gasteiger partial charge in [-0.05, 0) is 40.3 Å². The maximum Gasteiger partial charge on any atom is 0.220 e. The fourth-order valence-electron chi connectivity index (χ4n) is 2.31. The normalized spacial score (nSPS) is 13.6. The summed E-state index contributed by atoms with van der Waals surface area (Å²) >= 11 is 1.54. The highest BCUT2D eigenvalue weighted by molar-refractivity contribution is 7.07. The molecule has 0 spiro atoms. The van der Waals surface area contributed by atoms with E-state index in [1.807, 2.05) is 35.0 Å². The van der Waals surface area contributed by atoms with Crippen LogP contribution in [0.4, 0.5) is 0 Å². The maximum atomic E-state index is 12.0. The zero-order chi connectivity index (χ0) is 15.1. The van der Waals surface area contributed by atoms with Gasteiger partial charge in [0.2, 0.25) is 5.91 Å². The van der Waals surface area contributed by atoms with Gasteiger partial charge in [-0.25, -0.2) is 0 Å². The number of benzene rings is 1. The number of thiophene rings is 1. The van der Waals surface area contributed by atoms with Gasteiger partial charge in [0, 0.05) is 13.0 Å². The Hall–Kier alpha value is -1.65. The van der Waals surface area contributed by atoms with Crippen molar-refractivity contribution < 1.29 is 9.90 Å². The summed E-state index contributed by atoms with van der Waals surface area (Å²) in [6.07, 6.45) is 0.749. The maximum absolute atomic E-state index is 12.0. The molecule has 0 saturated carbocycles. The van der Waals surface area contributed by atoms with E-state index in [0.29, 0.717) is 6.42 Å². The van der Waals surface area contributed by atoms with E-state index < -0.39 is 6.10 Å². The van der Waals surface area contributed by atoms with Crippen molar-refractivity contribution in [3.8, 4) is 0 Å². The minimum atomic E-state index is -0.628. The number of aliphatic hydroxyl groups is 1. The molecule has 0 aliphatic rings. The molecule has 1 amide bonds. The molecular weight excluding hydrogens is 282 g/mol. The molecule has 2 atom stereocenters. The van der Waals surface area contributed by atoms with Crippen molar-refractivity contribution in [2.45, 2.75) is 31.8 Å². The van der Waals surface area contributed by atoms with Gasteiger partial charge in [0.05, 0.1) is 6.10 Å². The lowest BCUT2D eigenvalue weighted by atomic mass is 9.93.